The van der Waals surface area contributed by atoms with Gasteiger partial charge in [-0.1, -0.05) is 60.7 Å². The van der Waals surface area contributed by atoms with E-state index in [0.29, 0.717) is 12.4 Å². The maximum Gasteiger partial charge on any atom is 0.154 e. The number of ether oxygens (including phenoxy) is 1. The number of fused-ring (bicyclic) bond motifs is 1. The zero-order chi connectivity index (χ0) is 23.7. The van der Waals surface area contributed by atoms with Gasteiger partial charge in [0.15, 0.2) is 5.82 Å². The van der Waals surface area contributed by atoms with E-state index in [1.165, 1.54) is 0 Å². The Balaban J connectivity index is 1.24. The quantitative estimate of drug-likeness (QED) is 0.255. The summed E-state index contributed by atoms with van der Waals surface area (Å²) in [6.45, 7) is 2.28. The number of aryl methyl sites for hydroxylation is 1. The molecule has 5 rings (SSSR count). The number of hydrogen-bond donors (Lipinski definition) is 1. The Labute approximate surface area is 205 Å². The molecule has 0 bridgehead atoms. The van der Waals surface area contributed by atoms with Gasteiger partial charge in [-0.25, -0.2) is 15.0 Å². The van der Waals surface area contributed by atoms with Gasteiger partial charge in [-0.3, -0.25) is 0 Å². The Morgan fingerprint density at radius 3 is 2.51 bits per heavy atom. The molecule has 0 radical (unpaired) electrons. The van der Waals surface area contributed by atoms with Gasteiger partial charge in [0, 0.05) is 30.9 Å². The lowest BCUT2D eigenvalue weighted by molar-refractivity contribution is 0.306. The zero-order valence-electron chi connectivity index (χ0n) is 19.4. The number of nitrogens with one attached hydrogen (secondary N) is 1. The molecule has 0 unspecified atom stereocenters. The number of anilines is 1. The highest BCUT2D eigenvalue weighted by Gasteiger charge is 2.06. The number of benzene rings is 3. The lowest BCUT2D eigenvalue weighted by Crippen LogP contribution is -2.08. The summed E-state index contributed by atoms with van der Waals surface area (Å²) in [6.07, 6.45) is 10.6. The van der Waals surface area contributed by atoms with Crippen molar-refractivity contribution >= 4 is 28.9 Å². The molecule has 0 atom stereocenters. The summed E-state index contributed by atoms with van der Waals surface area (Å²) in [5.41, 5.74) is 3.13. The highest BCUT2D eigenvalue weighted by molar-refractivity contribution is 5.90. The average molecular weight is 462 g/mol. The fourth-order valence-corrected chi connectivity index (χ4v) is 3.78. The van der Waals surface area contributed by atoms with Gasteiger partial charge in [0.05, 0.1) is 11.8 Å². The minimum atomic E-state index is 0.555. The topological polar surface area (TPSA) is 64.9 Å². The smallest absolute Gasteiger partial charge is 0.154 e. The summed E-state index contributed by atoms with van der Waals surface area (Å²) in [7, 11) is 0. The standard InChI is InChI=1S/C29H27N5O/c1-2-7-24(8-3-1)21-35-25-14-11-23(12-15-25)13-16-28-32-27-10-5-4-9-26(27)29(33-28)31-17-6-19-34-20-18-30-22-34/h1-5,7-16,18,20,22H,6,17,19,21H2,(H,31,32,33). The molecule has 6 heteroatoms. The SMILES string of the molecule is C(=Cc1nc(NCCCn2ccnc2)c2ccccc2n1)c1ccc(OCc2ccccc2)cc1. The van der Waals surface area contributed by atoms with E-state index in [1.807, 2.05) is 85.3 Å². The van der Waals surface area contributed by atoms with Crippen molar-refractivity contribution < 1.29 is 4.74 Å². The fourth-order valence-electron chi connectivity index (χ4n) is 3.78. The summed E-state index contributed by atoms with van der Waals surface area (Å²) in [5, 5.41) is 4.51. The van der Waals surface area contributed by atoms with E-state index in [-0.39, 0.29) is 0 Å². The van der Waals surface area contributed by atoms with Crippen LogP contribution in [0.5, 0.6) is 5.75 Å². The Bertz CT molecular complexity index is 1380. The van der Waals surface area contributed by atoms with Crippen molar-refractivity contribution in [2.75, 3.05) is 11.9 Å². The number of hydrogen-bond acceptors (Lipinski definition) is 5. The van der Waals surface area contributed by atoms with E-state index < -0.39 is 0 Å². The van der Waals surface area contributed by atoms with Gasteiger partial charge in [-0.05, 0) is 47.9 Å². The maximum atomic E-state index is 5.88. The average Bonchev–Trinajstić information content (AvgIpc) is 3.43. The predicted octanol–water partition coefficient (Wildman–Crippen LogP) is 6.08. The summed E-state index contributed by atoms with van der Waals surface area (Å²) < 4.78 is 7.96. The van der Waals surface area contributed by atoms with Crippen molar-refractivity contribution in [1.29, 1.82) is 0 Å². The number of nitrogens with zero attached hydrogens (tertiary/aromatic N) is 4. The number of imidazole rings is 1. The van der Waals surface area contributed by atoms with Crippen molar-refractivity contribution in [3.8, 4) is 5.75 Å². The molecule has 2 aromatic heterocycles. The first kappa shape index (κ1) is 22.3. The van der Waals surface area contributed by atoms with E-state index in [4.69, 9.17) is 14.7 Å². The van der Waals surface area contributed by atoms with Crippen molar-refractivity contribution in [1.82, 2.24) is 19.5 Å². The Morgan fingerprint density at radius 2 is 1.69 bits per heavy atom. The van der Waals surface area contributed by atoms with Gasteiger partial charge in [-0.15, -0.1) is 0 Å². The predicted molar refractivity (Wildman–Crippen MR) is 141 cm³/mol. The molecule has 3 aromatic carbocycles. The minimum absolute atomic E-state index is 0.555. The summed E-state index contributed by atoms with van der Waals surface area (Å²) in [4.78, 5) is 13.6. The van der Waals surface area contributed by atoms with Crippen LogP contribution in [0.15, 0.2) is 97.6 Å². The second-order valence-corrected chi connectivity index (χ2v) is 8.21. The Kier molecular flexibility index (Phi) is 7.10. The van der Waals surface area contributed by atoms with Crippen molar-refractivity contribution in [2.24, 2.45) is 0 Å². The number of aromatic nitrogens is 4. The molecule has 0 saturated carbocycles. The van der Waals surface area contributed by atoms with Gasteiger partial charge in [0.1, 0.15) is 18.2 Å². The molecule has 35 heavy (non-hydrogen) atoms. The van der Waals surface area contributed by atoms with Crippen molar-refractivity contribution in [2.45, 2.75) is 19.6 Å². The zero-order valence-corrected chi connectivity index (χ0v) is 19.4. The third kappa shape index (κ3) is 6.12. The normalized spacial score (nSPS) is 11.2. The van der Waals surface area contributed by atoms with Gasteiger partial charge in [-0.2, -0.15) is 0 Å². The van der Waals surface area contributed by atoms with E-state index >= 15 is 0 Å². The molecule has 0 aliphatic rings. The van der Waals surface area contributed by atoms with Gasteiger partial charge in [0.25, 0.3) is 0 Å². The maximum absolute atomic E-state index is 5.88. The minimum Gasteiger partial charge on any atom is -0.489 e. The monoisotopic (exact) mass is 461 g/mol. The second-order valence-electron chi connectivity index (χ2n) is 8.21. The first-order chi connectivity index (χ1) is 17.3. The second kappa shape index (κ2) is 11.1. The lowest BCUT2D eigenvalue weighted by atomic mass is 10.2. The van der Waals surface area contributed by atoms with Gasteiger partial charge >= 0.3 is 0 Å². The number of rotatable bonds is 10. The van der Waals surface area contributed by atoms with Crippen LogP contribution >= 0.6 is 0 Å². The highest BCUT2D eigenvalue weighted by atomic mass is 16.5. The molecule has 0 amide bonds. The van der Waals surface area contributed by atoms with Crippen molar-refractivity contribution in [3.05, 3.63) is 115 Å². The fraction of sp³-hybridized carbons (Fsp3) is 0.138. The van der Waals surface area contributed by atoms with E-state index in [2.05, 4.69) is 33.1 Å². The molecule has 0 spiro atoms. The largest absolute Gasteiger partial charge is 0.489 e. The van der Waals surface area contributed by atoms with Crippen LogP contribution in [0.1, 0.15) is 23.4 Å². The number of para-hydroxylation sites is 1. The van der Waals surface area contributed by atoms with Crippen LogP contribution in [0.2, 0.25) is 0 Å². The summed E-state index contributed by atoms with van der Waals surface area (Å²) in [5.74, 6) is 2.37. The Hall–Kier alpha value is -4.45. The molecular weight excluding hydrogens is 434 g/mol. The van der Waals surface area contributed by atoms with Crippen LogP contribution in [0.25, 0.3) is 23.1 Å². The third-order valence-corrected chi connectivity index (χ3v) is 5.62. The molecule has 0 aliphatic heterocycles. The molecule has 6 nitrogen and oxygen atoms in total. The van der Waals surface area contributed by atoms with Crippen LogP contribution in [-0.2, 0) is 13.2 Å². The summed E-state index contributed by atoms with van der Waals surface area (Å²) >= 11 is 0. The molecule has 2 heterocycles. The van der Waals surface area contributed by atoms with Gasteiger partial charge in [0.2, 0.25) is 0 Å². The first-order valence-corrected chi connectivity index (χ1v) is 11.7. The lowest BCUT2D eigenvalue weighted by Gasteiger charge is -2.10. The summed E-state index contributed by atoms with van der Waals surface area (Å²) in [6, 6.07) is 26.3. The van der Waals surface area contributed by atoms with Gasteiger partial charge < -0.3 is 14.6 Å². The third-order valence-electron chi connectivity index (χ3n) is 5.62. The van der Waals surface area contributed by atoms with E-state index in [9.17, 15) is 0 Å². The van der Waals surface area contributed by atoms with Crippen LogP contribution in [0.4, 0.5) is 5.82 Å². The van der Waals surface area contributed by atoms with Crippen LogP contribution in [0, 0.1) is 0 Å². The molecule has 0 aliphatic carbocycles. The van der Waals surface area contributed by atoms with Crippen LogP contribution < -0.4 is 10.1 Å². The molecule has 5 aromatic rings. The molecular formula is C29H27N5O. The molecule has 174 valence electrons. The van der Waals surface area contributed by atoms with Crippen LogP contribution in [0.3, 0.4) is 0 Å². The Morgan fingerprint density at radius 1 is 0.857 bits per heavy atom. The van der Waals surface area contributed by atoms with E-state index in [0.717, 1.165) is 53.1 Å². The molecule has 0 fully saturated rings. The van der Waals surface area contributed by atoms with Crippen LogP contribution in [-0.4, -0.2) is 26.1 Å². The molecule has 0 saturated heterocycles. The molecule has 1 N–H and O–H groups in total. The van der Waals surface area contributed by atoms with Crippen molar-refractivity contribution in [3.63, 3.8) is 0 Å². The van der Waals surface area contributed by atoms with E-state index in [1.54, 1.807) is 6.20 Å². The first-order valence-electron chi connectivity index (χ1n) is 11.7. The highest BCUT2D eigenvalue weighted by Crippen LogP contribution is 2.21.